The van der Waals surface area contributed by atoms with Crippen molar-refractivity contribution < 1.29 is 4.43 Å². The molecule has 0 saturated carbocycles. The normalized spacial score (nSPS) is 16.2. The molecular weight excluding hydrogens is 188 g/mol. The van der Waals surface area contributed by atoms with Gasteiger partial charge >= 0.3 is 0 Å². The van der Waals surface area contributed by atoms with E-state index in [4.69, 9.17) is 16.0 Å². The molecule has 2 unspecified atom stereocenters. The lowest BCUT2D eigenvalue weighted by Crippen LogP contribution is -2.19. The second-order valence-electron chi connectivity index (χ2n) is 3.29. The molecule has 0 aromatic rings. The van der Waals surface area contributed by atoms with E-state index in [9.17, 15) is 0 Å². The zero-order valence-electron chi connectivity index (χ0n) is 8.48. The molecule has 0 amide bonds. The van der Waals surface area contributed by atoms with Crippen LogP contribution in [0.25, 0.3) is 0 Å². The molecule has 0 radical (unpaired) electrons. The quantitative estimate of drug-likeness (QED) is 0.354. The van der Waals surface area contributed by atoms with Crippen molar-refractivity contribution in [2.75, 3.05) is 5.88 Å². The molecule has 0 fully saturated rings. The van der Waals surface area contributed by atoms with E-state index in [1.54, 1.807) is 0 Å². The molecule has 0 aliphatic heterocycles. The van der Waals surface area contributed by atoms with Crippen LogP contribution in [0.2, 0.25) is 0 Å². The van der Waals surface area contributed by atoms with Gasteiger partial charge in [0.1, 0.15) is 10.5 Å². The first-order valence-corrected chi connectivity index (χ1v) is 6.20. The van der Waals surface area contributed by atoms with Gasteiger partial charge in [-0.3, -0.25) is 0 Å². The molecule has 0 N–H and O–H groups in total. The molecule has 2 atom stereocenters. The molecule has 0 aromatic heterocycles. The molecule has 0 saturated heterocycles. The van der Waals surface area contributed by atoms with Crippen molar-refractivity contribution in [3.05, 3.63) is 0 Å². The first kappa shape index (κ1) is 12.5. The summed E-state index contributed by atoms with van der Waals surface area (Å²) in [5.41, 5.74) is 0. The van der Waals surface area contributed by atoms with Gasteiger partial charge in [0, 0.05) is 12.0 Å². The summed E-state index contributed by atoms with van der Waals surface area (Å²) in [4.78, 5) is 0. The van der Waals surface area contributed by atoms with Crippen LogP contribution in [0.5, 0.6) is 0 Å². The average molecular weight is 209 g/mol. The molecular formula is C9H21ClOSi. The third-order valence-corrected chi connectivity index (χ3v) is 3.53. The van der Waals surface area contributed by atoms with Crippen LogP contribution in [0.15, 0.2) is 0 Å². The van der Waals surface area contributed by atoms with Crippen molar-refractivity contribution in [3.63, 3.8) is 0 Å². The van der Waals surface area contributed by atoms with Crippen molar-refractivity contribution in [1.29, 1.82) is 0 Å². The molecule has 0 aliphatic rings. The van der Waals surface area contributed by atoms with Crippen LogP contribution in [0, 0.1) is 5.92 Å². The highest BCUT2D eigenvalue weighted by Gasteiger charge is 2.13. The fourth-order valence-electron chi connectivity index (χ4n) is 1.46. The lowest BCUT2D eigenvalue weighted by molar-refractivity contribution is 0.153. The first-order valence-electron chi connectivity index (χ1n) is 4.85. The zero-order valence-corrected chi connectivity index (χ0v) is 11.2. The van der Waals surface area contributed by atoms with Crippen LogP contribution in [0.1, 0.15) is 39.5 Å². The van der Waals surface area contributed by atoms with Crippen molar-refractivity contribution in [3.8, 4) is 0 Å². The Bertz CT molecular complexity index is 101. The van der Waals surface area contributed by atoms with Gasteiger partial charge in [-0.05, 0) is 25.7 Å². The summed E-state index contributed by atoms with van der Waals surface area (Å²) in [5, 5.41) is 0. The maximum absolute atomic E-state index is 5.62. The summed E-state index contributed by atoms with van der Waals surface area (Å²) >= 11 is 5.62. The van der Waals surface area contributed by atoms with Crippen LogP contribution in [-0.4, -0.2) is 22.5 Å². The highest BCUT2D eigenvalue weighted by molar-refractivity contribution is 6.17. The number of rotatable bonds is 7. The summed E-state index contributed by atoms with van der Waals surface area (Å²) in [6.07, 6.45) is 5.35. The topological polar surface area (TPSA) is 9.23 Å². The highest BCUT2D eigenvalue weighted by atomic mass is 35.5. The van der Waals surface area contributed by atoms with E-state index in [1.165, 1.54) is 19.3 Å². The smallest absolute Gasteiger partial charge is 0.146 e. The molecule has 0 heterocycles. The van der Waals surface area contributed by atoms with Gasteiger partial charge in [0.25, 0.3) is 0 Å². The SMILES string of the molecule is CCC(CCCCCl)C(C)O[SiH3]. The fourth-order valence-corrected chi connectivity index (χ4v) is 2.04. The van der Waals surface area contributed by atoms with E-state index in [0.717, 1.165) is 28.7 Å². The average Bonchev–Trinajstić information content (AvgIpc) is 2.11. The summed E-state index contributed by atoms with van der Waals surface area (Å²) < 4.78 is 5.44. The van der Waals surface area contributed by atoms with Gasteiger partial charge in [0.15, 0.2) is 0 Å². The molecule has 0 spiro atoms. The minimum absolute atomic E-state index is 0.456. The molecule has 0 aliphatic carbocycles. The van der Waals surface area contributed by atoms with Gasteiger partial charge < -0.3 is 4.43 Å². The molecule has 74 valence electrons. The summed E-state index contributed by atoms with van der Waals surface area (Å²) in [7, 11) is 0.859. The summed E-state index contributed by atoms with van der Waals surface area (Å²) in [6, 6.07) is 0. The lowest BCUT2D eigenvalue weighted by Gasteiger charge is -2.21. The van der Waals surface area contributed by atoms with Crippen molar-refractivity contribution in [2.24, 2.45) is 5.92 Å². The predicted molar refractivity (Wildman–Crippen MR) is 58.8 cm³/mol. The van der Waals surface area contributed by atoms with Crippen molar-refractivity contribution >= 4 is 22.1 Å². The minimum atomic E-state index is 0.456. The second-order valence-corrected chi connectivity index (χ2v) is 4.14. The van der Waals surface area contributed by atoms with Gasteiger partial charge in [-0.25, -0.2) is 0 Å². The Morgan fingerprint density at radius 1 is 1.42 bits per heavy atom. The monoisotopic (exact) mass is 208 g/mol. The fraction of sp³-hybridized carbons (Fsp3) is 1.00. The van der Waals surface area contributed by atoms with E-state index in [0.29, 0.717) is 6.10 Å². The van der Waals surface area contributed by atoms with Crippen molar-refractivity contribution in [2.45, 2.75) is 45.6 Å². The third kappa shape index (κ3) is 5.17. The highest BCUT2D eigenvalue weighted by Crippen LogP contribution is 2.18. The standard InChI is InChI=1S/C9H21ClOSi/c1-3-9(8(2)11-12)6-4-5-7-10/h8-9H,3-7H2,1-2,12H3. The summed E-state index contributed by atoms with van der Waals surface area (Å²) in [6.45, 7) is 4.42. The summed E-state index contributed by atoms with van der Waals surface area (Å²) in [5.74, 6) is 1.54. The minimum Gasteiger partial charge on any atom is -0.425 e. The Labute approximate surface area is 84.4 Å². The number of unbranched alkanes of at least 4 members (excludes halogenated alkanes) is 1. The van der Waals surface area contributed by atoms with Crippen molar-refractivity contribution in [1.82, 2.24) is 0 Å². The number of alkyl halides is 1. The van der Waals surface area contributed by atoms with Gasteiger partial charge in [-0.2, -0.15) is 0 Å². The van der Waals surface area contributed by atoms with E-state index in [1.807, 2.05) is 0 Å². The first-order chi connectivity index (χ1) is 5.76. The van der Waals surface area contributed by atoms with Crippen LogP contribution in [-0.2, 0) is 4.43 Å². The van der Waals surface area contributed by atoms with Gasteiger partial charge in [0.2, 0.25) is 0 Å². The maximum atomic E-state index is 5.62. The third-order valence-electron chi connectivity index (χ3n) is 2.52. The van der Waals surface area contributed by atoms with Crippen LogP contribution in [0.3, 0.4) is 0 Å². The van der Waals surface area contributed by atoms with Gasteiger partial charge in [-0.15, -0.1) is 11.6 Å². The van der Waals surface area contributed by atoms with E-state index in [2.05, 4.69) is 13.8 Å². The zero-order chi connectivity index (χ0) is 9.40. The predicted octanol–water partition coefficient (Wildman–Crippen LogP) is 2.11. The van der Waals surface area contributed by atoms with E-state index < -0.39 is 0 Å². The Kier molecular flexibility index (Phi) is 8.40. The van der Waals surface area contributed by atoms with Crippen LogP contribution >= 0.6 is 11.6 Å². The number of hydrogen-bond donors (Lipinski definition) is 0. The largest absolute Gasteiger partial charge is 0.425 e. The van der Waals surface area contributed by atoms with Gasteiger partial charge in [0.05, 0.1) is 0 Å². The molecule has 0 aromatic carbocycles. The number of halogens is 1. The molecule has 12 heavy (non-hydrogen) atoms. The van der Waals surface area contributed by atoms with E-state index in [-0.39, 0.29) is 0 Å². The number of hydrogen-bond acceptors (Lipinski definition) is 1. The van der Waals surface area contributed by atoms with Crippen LogP contribution in [0.4, 0.5) is 0 Å². The molecule has 0 rings (SSSR count). The Morgan fingerprint density at radius 2 is 2.08 bits per heavy atom. The van der Waals surface area contributed by atoms with Crippen LogP contribution < -0.4 is 0 Å². The molecule has 0 bridgehead atoms. The Morgan fingerprint density at radius 3 is 2.50 bits per heavy atom. The second kappa shape index (κ2) is 8.08. The molecule has 1 nitrogen and oxygen atoms in total. The Balaban J connectivity index is 3.52. The lowest BCUT2D eigenvalue weighted by atomic mass is 9.94. The Hall–Kier alpha value is 0.467. The van der Waals surface area contributed by atoms with E-state index >= 15 is 0 Å². The maximum Gasteiger partial charge on any atom is 0.146 e. The molecule has 3 heteroatoms. The van der Waals surface area contributed by atoms with Gasteiger partial charge in [-0.1, -0.05) is 19.8 Å².